The Bertz CT molecular complexity index is 431. The van der Waals surface area contributed by atoms with Crippen molar-refractivity contribution in [3.8, 4) is 5.75 Å². The van der Waals surface area contributed by atoms with Gasteiger partial charge in [-0.05, 0) is 18.1 Å². The van der Waals surface area contributed by atoms with Gasteiger partial charge >= 0.3 is 0 Å². The van der Waals surface area contributed by atoms with E-state index in [0.29, 0.717) is 25.9 Å². The standard InChI is InChI=1S/C15H22N2O3/c1-12-10-13(2-4-16-6-8-18)15(20)14(11-12)3-5-17-7-9-19/h4-5,10-11,18-20H,2-3,6-9H2,1H3. The molecule has 20 heavy (non-hydrogen) atoms. The van der Waals surface area contributed by atoms with Crippen LogP contribution in [0.15, 0.2) is 22.1 Å². The number of phenols is 1. The van der Waals surface area contributed by atoms with Gasteiger partial charge in [-0.3, -0.25) is 9.98 Å². The minimum atomic E-state index is 0.0306. The third-order valence-corrected chi connectivity index (χ3v) is 2.75. The third kappa shape index (κ3) is 5.50. The Morgan fingerprint density at radius 2 is 1.40 bits per heavy atom. The molecule has 0 aliphatic heterocycles. The van der Waals surface area contributed by atoms with Gasteiger partial charge in [0.15, 0.2) is 0 Å². The van der Waals surface area contributed by atoms with Crippen molar-refractivity contribution in [2.24, 2.45) is 9.98 Å². The second-order valence-electron chi connectivity index (χ2n) is 4.46. The number of aliphatic hydroxyl groups excluding tert-OH is 2. The number of aliphatic imine (C=N–C) groups is 2. The summed E-state index contributed by atoms with van der Waals surface area (Å²) in [6.07, 6.45) is 4.48. The molecule has 1 aromatic rings. The highest BCUT2D eigenvalue weighted by Gasteiger charge is 2.07. The molecule has 1 rings (SSSR count). The number of nitrogens with zero attached hydrogens (tertiary/aromatic N) is 2. The van der Waals surface area contributed by atoms with Gasteiger partial charge in [0.05, 0.1) is 26.3 Å². The quantitative estimate of drug-likeness (QED) is 0.618. The van der Waals surface area contributed by atoms with Crippen molar-refractivity contribution in [2.45, 2.75) is 19.8 Å². The molecule has 0 aliphatic carbocycles. The Morgan fingerprint density at radius 1 is 0.950 bits per heavy atom. The average Bonchev–Trinajstić information content (AvgIpc) is 2.44. The SMILES string of the molecule is Cc1cc(CC=NCCO)c(O)c(CC=NCCO)c1. The predicted molar refractivity (Wildman–Crippen MR) is 81.1 cm³/mol. The van der Waals surface area contributed by atoms with Gasteiger partial charge < -0.3 is 15.3 Å². The van der Waals surface area contributed by atoms with Crippen LogP contribution < -0.4 is 0 Å². The summed E-state index contributed by atoms with van der Waals surface area (Å²) in [6.45, 7) is 2.80. The van der Waals surface area contributed by atoms with E-state index >= 15 is 0 Å². The molecule has 0 atom stereocenters. The Balaban J connectivity index is 2.78. The van der Waals surface area contributed by atoms with E-state index in [1.54, 1.807) is 12.4 Å². The van der Waals surface area contributed by atoms with Gasteiger partial charge in [0.1, 0.15) is 5.75 Å². The molecule has 5 heteroatoms. The van der Waals surface area contributed by atoms with Crippen molar-refractivity contribution in [3.05, 3.63) is 28.8 Å². The van der Waals surface area contributed by atoms with Gasteiger partial charge in [0, 0.05) is 25.3 Å². The summed E-state index contributed by atoms with van der Waals surface area (Å²) in [5.41, 5.74) is 2.70. The van der Waals surface area contributed by atoms with Gasteiger partial charge in [-0.15, -0.1) is 0 Å². The Labute approximate surface area is 119 Å². The van der Waals surface area contributed by atoms with Crippen molar-refractivity contribution in [1.82, 2.24) is 0 Å². The largest absolute Gasteiger partial charge is 0.507 e. The number of rotatable bonds is 8. The first-order valence-electron chi connectivity index (χ1n) is 6.68. The normalized spacial score (nSPS) is 11.8. The molecule has 110 valence electrons. The van der Waals surface area contributed by atoms with Crippen LogP contribution in [0.1, 0.15) is 16.7 Å². The van der Waals surface area contributed by atoms with E-state index in [4.69, 9.17) is 10.2 Å². The predicted octanol–water partition coefficient (Wildman–Crippen LogP) is 0.912. The third-order valence-electron chi connectivity index (χ3n) is 2.75. The van der Waals surface area contributed by atoms with E-state index in [2.05, 4.69) is 9.98 Å². The molecule has 0 aliphatic rings. The lowest BCUT2D eigenvalue weighted by molar-refractivity contribution is 0.306. The molecule has 0 saturated carbocycles. The fourth-order valence-electron chi connectivity index (χ4n) is 1.87. The molecule has 0 unspecified atom stereocenters. The van der Waals surface area contributed by atoms with Crippen LogP contribution in [0.25, 0.3) is 0 Å². The van der Waals surface area contributed by atoms with Crippen LogP contribution >= 0.6 is 0 Å². The van der Waals surface area contributed by atoms with Gasteiger partial charge in [0.2, 0.25) is 0 Å². The Kier molecular flexibility index (Phi) is 7.54. The van der Waals surface area contributed by atoms with Crippen molar-refractivity contribution in [3.63, 3.8) is 0 Å². The lowest BCUT2D eigenvalue weighted by Gasteiger charge is -2.09. The average molecular weight is 278 g/mol. The first-order chi connectivity index (χ1) is 9.69. The maximum absolute atomic E-state index is 10.2. The van der Waals surface area contributed by atoms with Crippen LogP contribution in [-0.2, 0) is 12.8 Å². The van der Waals surface area contributed by atoms with Crippen LogP contribution in [0.3, 0.4) is 0 Å². The number of aryl methyl sites for hydroxylation is 1. The van der Waals surface area contributed by atoms with Crippen molar-refractivity contribution in [1.29, 1.82) is 0 Å². The minimum absolute atomic E-state index is 0.0306. The molecular weight excluding hydrogens is 256 g/mol. The topological polar surface area (TPSA) is 85.4 Å². The summed E-state index contributed by atoms with van der Waals surface area (Å²) < 4.78 is 0. The molecule has 3 N–H and O–H groups in total. The molecule has 0 saturated heterocycles. The second-order valence-corrected chi connectivity index (χ2v) is 4.46. The summed E-state index contributed by atoms with van der Waals surface area (Å²) in [5, 5.41) is 27.5. The Hall–Kier alpha value is -1.72. The minimum Gasteiger partial charge on any atom is -0.507 e. The zero-order valence-corrected chi connectivity index (χ0v) is 11.8. The summed E-state index contributed by atoms with van der Waals surface area (Å²) in [5.74, 6) is 0.265. The van der Waals surface area contributed by atoms with E-state index in [1.807, 2.05) is 19.1 Å². The molecule has 1 aromatic carbocycles. The van der Waals surface area contributed by atoms with E-state index in [0.717, 1.165) is 16.7 Å². The monoisotopic (exact) mass is 278 g/mol. The summed E-state index contributed by atoms with van der Waals surface area (Å²) >= 11 is 0. The molecule has 0 heterocycles. The number of aromatic hydroxyl groups is 1. The molecule has 0 spiro atoms. The lowest BCUT2D eigenvalue weighted by Crippen LogP contribution is -1.97. The van der Waals surface area contributed by atoms with E-state index in [-0.39, 0.29) is 19.0 Å². The lowest BCUT2D eigenvalue weighted by atomic mass is 10.0. The highest BCUT2D eigenvalue weighted by atomic mass is 16.3. The van der Waals surface area contributed by atoms with E-state index in [9.17, 15) is 5.11 Å². The number of hydrogen-bond acceptors (Lipinski definition) is 5. The zero-order chi connectivity index (χ0) is 14.8. The maximum Gasteiger partial charge on any atom is 0.122 e. The highest BCUT2D eigenvalue weighted by molar-refractivity contribution is 5.67. The number of phenolic OH excluding ortho intramolecular Hbond substituents is 1. The van der Waals surface area contributed by atoms with Crippen molar-refractivity contribution < 1.29 is 15.3 Å². The van der Waals surface area contributed by atoms with E-state index < -0.39 is 0 Å². The van der Waals surface area contributed by atoms with Gasteiger partial charge in [0.25, 0.3) is 0 Å². The fraction of sp³-hybridized carbons (Fsp3) is 0.467. The summed E-state index contributed by atoms with van der Waals surface area (Å²) in [4.78, 5) is 8.06. The zero-order valence-electron chi connectivity index (χ0n) is 11.8. The van der Waals surface area contributed by atoms with Crippen LogP contribution in [-0.4, -0.2) is 54.1 Å². The molecule has 0 fully saturated rings. The maximum atomic E-state index is 10.2. The summed E-state index contributed by atoms with van der Waals surface area (Å²) in [6, 6.07) is 3.85. The molecule has 0 aromatic heterocycles. The van der Waals surface area contributed by atoms with Crippen molar-refractivity contribution >= 4 is 12.4 Å². The summed E-state index contributed by atoms with van der Waals surface area (Å²) in [7, 11) is 0. The highest BCUT2D eigenvalue weighted by Crippen LogP contribution is 2.24. The Morgan fingerprint density at radius 3 is 1.80 bits per heavy atom. The molecule has 0 bridgehead atoms. The number of aliphatic hydroxyl groups is 2. The van der Waals surface area contributed by atoms with Gasteiger partial charge in [-0.25, -0.2) is 0 Å². The molecular formula is C15H22N2O3. The molecule has 5 nitrogen and oxygen atoms in total. The van der Waals surface area contributed by atoms with Crippen LogP contribution in [0, 0.1) is 6.92 Å². The van der Waals surface area contributed by atoms with Crippen molar-refractivity contribution in [2.75, 3.05) is 26.3 Å². The molecule has 0 radical (unpaired) electrons. The first kappa shape index (κ1) is 16.3. The smallest absolute Gasteiger partial charge is 0.122 e. The number of benzene rings is 1. The van der Waals surface area contributed by atoms with Crippen LogP contribution in [0.4, 0.5) is 0 Å². The van der Waals surface area contributed by atoms with Crippen LogP contribution in [0.2, 0.25) is 0 Å². The van der Waals surface area contributed by atoms with E-state index in [1.165, 1.54) is 0 Å². The second kappa shape index (κ2) is 9.23. The first-order valence-corrected chi connectivity index (χ1v) is 6.68. The molecule has 0 amide bonds. The van der Waals surface area contributed by atoms with Gasteiger partial charge in [-0.2, -0.15) is 0 Å². The van der Waals surface area contributed by atoms with Gasteiger partial charge in [-0.1, -0.05) is 17.7 Å². The fourth-order valence-corrected chi connectivity index (χ4v) is 1.87. The van der Waals surface area contributed by atoms with Crippen LogP contribution in [0.5, 0.6) is 5.75 Å². The number of hydrogen-bond donors (Lipinski definition) is 3.